The Kier molecular flexibility index (Phi) is 6.30. The van der Waals surface area contributed by atoms with Crippen LogP contribution < -0.4 is 11.1 Å². The van der Waals surface area contributed by atoms with Crippen LogP contribution in [0.3, 0.4) is 0 Å². The summed E-state index contributed by atoms with van der Waals surface area (Å²) in [5.41, 5.74) is 5.49. The third-order valence-corrected chi connectivity index (χ3v) is 4.98. The maximum Gasteiger partial charge on any atom is 0.222 e. The number of amides is 1. The van der Waals surface area contributed by atoms with Crippen LogP contribution in [0.25, 0.3) is 0 Å². The van der Waals surface area contributed by atoms with Crippen LogP contribution in [0.1, 0.15) is 32.1 Å². The second kappa shape index (κ2) is 7.24. The van der Waals surface area contributed by atoms with E-state index in [1.54, 1.807) is 7.11 Å². The van der Waals surface area contributed by atoms with Crippen molar-refractivity contribution in [3.05, 3.63) is 0 Å². The van der Waals surface area contributed by atoms with Gasteiger partial charge in [-0.1, -0.05) is 12.8 Å². The number of thioether (sulfide) groups is 1. The van der Waals surface area contributed by atoms with Crippen molar-refractivity contribution in [1.29, 1.82) is 0 Å². The first-order valence-electron chi connectivity index (χ1n) is 6.20. The summed E-state index contributed by atoms with van der Waals surface area (Å²) in [6.07, 6.45) is 7.30. The Balaban J connectivity index is 2.31. The van der Waals surface area contributed by atoms with E-state index in [1.165, 1.54) is 25.7 Å². The molecule has 0 bridgehead atoms. The molecule has 0 aromatic rings. The Bertz CT molecular complexity index is 239. The van der Waals surface area contributed by atoms with Crippen LogP contribution in [0.5, 0.6) is 0 Å². The van der Waals surface area contributed by atoms with E-state index in [0.717, 1.165) is 6.54 Å². The topological polar surface area (TPSA) is 64.3 Å². The average molecular weight is 260 g/mol. The van der Waals surface area contributed by atoms with E-state index in [2.05, 4.69) is 11.6 Å². The zero-order valence-corrected chi connectivity index (χ0v) is 11.6. The summed E-state index contributed by atoms with van der Waals surface area (Å²) < 4.78 is 5.37. The fourth-order valence-corrected chi connectivity index (χ4v) is 3.19. The van der Waals surface area contributed by atoms with Crippen molar-refractivity contribution in [1.82, 2.24) is 5.32 Å². The van der Waals surface area contributed by atoms with Gasteiger partial charge in [0, 0.05) is 24.9 Å². The minimum Gasteiger partial charge on any atom is -0.380 e. The standard InChI is InChI=1S/C12H24N2O2S/c1-16-10(8-13)7-11(15)14-9-12(17-2)5-3-4-6-12/h10H,3-9,13H2,1-2H3,(H,14,15). The minimum atomic E-state index is -0.163. The Labute approximate surface area is 108 Å². The molecule has 1 amide bonds. The summed E-state index contributed by atoms with van der Waals surface area (Å²) in [7, 11) is 1.59. The van der Waals surface area contributed by atoms with E-state index in [9.17, 15) is 4.79 Å². The number of ether oxygens (including phenoxy) is 1. The molecular weight excluding hydrogens is 236 g/mol. The predicted octanol–water partition coefficient (Wildman–Crippen LogP) is 1.14. The van der Waals surface area contributed by atoms with Crippen molar-refractivity contribution in [3.8, 4) is 0 Å². The van der Waals surface area contributed by atoms with Crippen molar-refractivity contribution in [3.63, 3.8) is 0 Å². The van der Waals surface area contributed by atoms with Crippen LogP contribution >= 0.6 is 11.8 Å². The van der Waals surface area contributed by atoms with E-state index < -0.39 is 0 Å². The van der Waals surface area contributed by atoms with Crippen molar-refractivity contribution in [2.45, 2.75) is 43.0 Å². The number of carbonyl (C=O) groups excluding carboxylic acids is 1. The molecule has 0 saturated heterocycles. The van der Waals surface area contributed by atoms with Gasteiger partial charge in [-0.15, -0.1) is 0 Å². The summed E-state index contributed by atoms with van der Waals surface area (Å²) in [4.78, 5) is 11.7. The zero-order chi connectivity index (χ0) is 12.7. The molecule has 1 saturated carbocycles. The van der Waals surface area contributed by atoms with Crippen molar-refractivity contribution >= 4 is 17.7 Å². The lowest BCUT2D eigenvalue weighted by Crippen LogP contribution is -2.40. The second-order valence-corrected chi connectivity index (χ2v) is 5.94. The van der Waals surface area contributed by atoms with E-state index in [4.69, 9.17) is 10.5 Å². The van der Waals surface area contributed by atoms with Crippen molar-refractivity contribution in [2.75, 3.05) is 26.5 Å². The minimum absolute atomic E-state index is 0.0441. The molecule has 0 heterocycles. The van der Waals surface area contributed by atoms with Crippen molar-refractivity contribution < 1.29 is 9.53 Å². The summed E-state index contributed by atoms with van der Waals surface area (Å²) in [6, 6.07) is 0. The molecule has 1 unspecified atom stereocenters. The van der Waals surface area contributed by atoms with E-state index in [1.807, 2.05) is 11.8 Å². The highest BCUT2D eigenvalue weighted by Gasteiger charge is 2.33. The Morgan fingerprint density at radius 2 is 2.18 bits per heavy atom. The molecule has 1 aliphatic rings. The normalized spacial score (nSPS) is 20.2. The SMILES string of the molecule is COC(CN)CC(=O)NCC1(SC)CCCC1. The van der Waals surface area contributed by atoms with Crippen LogP contribution in [0, 0.1) is 0 Å². The van der Waals surface area contributed by atoms with Crippen molar-refractivity contribution in [2.24, 2.45) is 5.73 Å². The number of methoxy groups -OCH3 is 1. The van der Waals surface area contributed by atoms with Crippen LogP contribution in [-0.4, -0.2) is 43.2 Å². The molecule has 1 rings (SSSR count). The predicted molar refractivity (Wildman–Crippen MR) is 72.2 cm³/mol. The van der Waals surface area contributed by atoms with Gasteiger partial charge < -0.3 is 15.8 Å². The van der Waals surface area contributed by atoms with Gasteiger partial charge in [-0.25, -0.2) is 0 Å². The second-order valence-electron chi connectivity index (χ2n) is 4.67. The fraction of sp³-hybridized carbons (Fsp3) is 0.917. The number of hydrogen-bond donors (Lipinski definition) is 2. The van der Waals surface area contributed by atoms with E-state index in [0.29, 0.717) is 13.0 Å². The molecule has 1 aliphatic carbocycles. The lowest BCUT2D eigenvalue weighted by atomic mass is 10.1. The third kappa shape index (κ3) is 4.48. The van der Waals surface area contributed by atoms with Gasteiger partial charge in [-0.05, 0) is 19.1 Å². The summed E-state index contributed by atoms with van der Waals surface area (Å²) in [5, 5.41) is 3.02. The van der Waals surface area contributed by atoms with E-state index in [-0.39, 0.29) is 16.8 Å². The number of hydrogen-bond acceptors (Lipinski definition) is 4. The molecule has 4 nitrogen and oxygen atoms in total. The molecule has 17 heavy (non-hydrogen) atoms. The maximum absolute atomic E-state index is 11.7. The third-order valence-electron chi connectivity index (χ3n) is 3.56. The summed E-state index contributed by atoms with van der Waals surface area (Å²) in [6.45, 7) is 1.16. The van der Waals surface area contributed by atoms with Gasteiger partial charge in [-0.3, -0.25) is 4.79 Å². The van der Waals surface area contributed by atoms with Gasteiger partial charge in [-0.2, -0.15) is 11.8 Å². The highest BCUT2D eigenvalue weighted by atomic mass is 32.2. The fourth-order valence-electron chi connectivity index (χ4n) is 2.27. The lowest BCUT2D eigenvalue weighted by Gasteiger charge is -2.27. The monoisotopic (exact) mass is 260 g/mol. The maximum atomic E-state index is 11.7. The zero-order valence-electron chi connectivity index (χ0n) is 10.8. The smallest absolute Gasteiger partial charge is 0.222 e. The Morgan fingerprint density at radius 1 is 1.53 bits per heavy atom. The molecule has 1 fully saturated rings. The van der Waals surface area contributed by atoms with Crippen LogP contribution in [-0.2, 0) is 9.53 Å². The average Bonchev–Trinajstić information content (AvgIpc) is 2.83. The highest BCUT2D eigenvalue weighted by molar-refractivity contribution is 8.00. The largest absolute Gasteiger partial charge is 0.380 e. The Hall–Kier alpha value is -0.260. The quantitative estimate of drug-likeness (QED) is 0.720. The van der Waals surface area contributed by atoms with Crippen LogP contribution in [0.4, 0.5) is 0 Å². The summed E-state index contributed by atoms with van der Waals surface area (Å²) in [5.74, 6) is 0.0441. The first-order chi connectivity index (χ1) is 8.15. The molecule has 0 spiro atoms. The van der Waals surface area contributed by atoms with E-state index >= 15 is 0 Å². The molecule has 5 heteroatoms. The molecule has 3 N–H and O–H groups in total. The molecule has 0 aliphatic heterocycles. The van der Waals surface area contributed by atoms with Gasteiger partial charge in [0.2, 0.25) is 5.91 Å². The van der Waals surface area contributed by atoms with Gasteiger partial charge in [0.1, 0.15) is 0 Å². The highest BCUT2D eigenvalue weighted by Crippen LogP contribution is 2.39. The first-order valence-corrected chi connectivity index (χ1v) is 7.43. The molecule has 0 aromatic carbocycles. The molecule has 0 radical (unpaired) electrons. The molecular formula is C12H24N2O2S. The van der Waals surface area contributed by atoms with Crippen LogP contribution in [0.2, 0.25) is 0 Å². The number of carbonyl (C=O) groups is 1. The van der Waals surface area contributed by atoms with Gasteiger partial charge in [0.05, 0.1) is 12.5 Å². The molecule has 100 valence electrons. The van der Waals surface area contributed by atoms with Gasteiger partial charge in [0.25, 0.3) is 0 Å². The molecule has 0 aromatic heterocycles. The first kappa shape index (κ1) is 14.8. The number of nitrogens with two attached hydrogens (primary N) is 1. The number of rotatable bonds is 7. The Morgan fingerprint density at radius 3 is 2.65 bits per heavy atom. The van der Waals surface area contributed by atoms with Crippen LogP contribution in [0.15, 0.2) is 0 Å². The number of nitrogens with one attached hydrogen (secondary N) is 1. The molecule has 1 atom stereocenters. The summed E-state index contributed by atoms with van der Waals surface area (Å²) >= 11 is 1.88. The van der Waals surface area contributed by atoms with Gasteiger partial charge in [0.15, 0.2) is 0 Å². The van der Waals surface area contributed by atoms with Gasteiger partial charge >= 0.3 is 0 Å². The lowest BCUT2D eigenvalue weighted by molar-refractivity contribution is -0.123.